The zero-order chi connectivity index (χ0) is 23.4. The number of hydrogen-bond acceptors (Lipinski definition) is 5. The highest BCUT2D eigenvalue weighted by Crippen LogP contribution is 2.37. The van der Waals surface area contributed by atoms with E-state index in [2.05, 4.69) is 6.92 Å². The van der Waals surface area contributed by atoms with E-state index in [1.54, 1.807) is 4.90 Å². The van der Waals surface area contributed by atoms with Crippen molar-refractivity contribution >= 4 is 23.5 Å². The van der Waals surface area contributed by atoms with Gasteiger partial charge in [-0.15, -0.1) is 0 Å². The molecule has 1 amide bonds. The molecule has 0 radical (unpaired) electrons. The molecule has 2 rings (SSSR count). The molecule has 0 bridgehead atoms. The monoisotopic (exact) mass is 431 g/mol. The van der Waals surface area contributed by atoms with Gasteiger partial charge in [-0.1, -0.05) is 25.1 Å². The van der Waals surface area contributed by atoms with Crippen molar-refractivity contribution in [1.29, 1.82) is 0 Å². The number of carbonyl (C=O) groups is 3. The van der Waals surface area contributed by atoms with Crippen LogP contribution in [0.2, 0.25) is 0 Å². The molecule has 1 aliphatic rings. The van der Waals surface area contributed by atoms with Gasteiger partial charge in [0.15, 0.2) is 0 Å². The van der Waals surface area contributed by atoms with Crippen LogP contribution in [0, 0.1) is 5.92 Å². The second kappa shape index (κ2) is 9.84. The Labute approximate surface area is 186 Å². The molecule has 0 saturated heterocycles. The molecule has 31 heavy (non-hydrogen) atoms. The van der Waals surface area contributed by atoms with E-state index in [-0.39, 0.29) is 42.6 Å². The van der Waals surface area contributed by atoms with Gasteiger partial charge in [-0.25, -0.2) is 4.79 Å². The lowest BCUT2D eigenvalue weighted by Gasteiger charge is -2.32. The molecule has 0 saturated carbocycles. The molecule has 0 fully saturated rings. The molecule has 0 aliphatic carbocycles. The fourth-order valence-corrected chi connectivity index (χ4v) is 3.75. The van der Waals surface area contributed by atoms with Gasteiger partial charge in [-0.3, -0.25) is 14.5 Å². The number of hydrogen-bond donors (Lipinski definition) is 0. The van der Waals surface area contributed by atoms with Gasteiger partial charge in [0.25, 0.3) is 0 Å². The van der Waals surface area contributed by atoms with Gasteiger partial charge in [0.2, 0.25) is 0 Å². The number of amides is 1. The number of ketones is 1. The minimum Gasteiger partial charge on any atom is -0.460 e. The van der Waals surface area contributed by atoms with Gasteiger partial charge in [-0.2, -0.15) is 0 Å². The van der Waals surface area contributed by atoms with E-state index >= 15 is 0 Å². The number of carbonyl (C=O) groups excluding carboxylic acids is 3. The Morgan fingerprint density at radius 1 is 0.968 bits per heavy atom. The lowest BCUT2D eigenvalue weighted by atomic mass is 9.92. The SMILES string of the molecule is CC(CCC(=O)CCC(=O)OC(C)(C)C)[C@H]1Cc2ccccc2N1C(=O)OC(C)(C)C. The Morgan fingerprint density at radius 3 is 2.19 bits per heavy atom. The number of rotatable bonds is 7. The number of ether oxygens (including phenoxy) is 2. The maximum atomic E-state index is 13.0. The highest BCUT2D eigenvalue weighted by Gasteiger charge is 2.39. The molecule has 0 N–H and O–H groups in total. The van der Waals surface area contributed by atoms with Crippen molar-refractivity contribution in [1.82, 2.24) is 0 Å². The summed E-state index contributed by atoms with van der Waals surface area (Å²) in [5.74, 6) is -0.210. The van der Waals surface area contributed by atoms with Crippen molar-refractivity contribution in [2.24, 2.45) is 5.92 Å². The minimum absolute atomic E-state index is 0.0389. The van der Waals surface area contributed by atoms with Crippen LogP contribution in [0.3, 0.4) is 0 Å². The summed E-state index contributed by atoms with van der Waals surface area (Å²) in [6.07, 6.45) is 1.68. The van der Waals surface area contributed by atoms with Crippen LogP contribution in [-0.4, -0.2) is 35.1 Å². The van der Waals surface area contributed by atoms with Crippen molar-refractivity contribution in [3.63, 3.8) is 0 Å². The molecule has 172 valence electrons. The van der Waals surface area contributed by atoms with E-state index in [9.17, 15) is 14.4 Å². The van der Waals surface area contributed by atoms with Crippen molar-refractivity contribution in [2.45, 2.75) is 97.8 Å². The number of para-hydroxylation sites is 1. The van der Waals surface area contributed by atoms with E-state index in [1.807, 2.05) is 65.8 Å². The molecule has 0 aromatic heterocycles. The quantitative estimate of drug-likeness (QED) is 0.536. The molecule has 6 nitrogen and oxygen atoms in total. The van der Waals surface area contributed by atoms with E-state index in [1.165, 1.54) is 0 Å². The molecular formula is C25H37NO5. The number of nitrogens with zero attached hydrogens (tertiary/aromatic N) is 1. The van der Waals surface area contributed by atoms with Gasteiger partial charge >= 0.3 is 12.1 Å². The molecule has 1 aromatic rings. The van der Waals surface area contributed by atoms with E-state index in [4.69, 9.17) is 9.47 Å². The van der Waals surface area contributed by atoms with Crippen molar-refractivity contribution in [2.75, 3.05) is 4.90 Å². The first-order valence-electron chi connectivity index (χ1n) is 11.1. The Balaban J connectivity index is 1.96. The average molecular weight is 432 g/mol. The zero-order valence-electron chi connectivity index (χ0n) is 20.0. The third-order valence-corrected chi connectivity index (χ3v) is 5.17. The number of Topliss-reactive ketones (excluding diaryl/α,β-unsaturated/α-hetero) is 1. The molecule has 0 spiro atoms. The maximum Gasteiger partial charge on any atom is 0.415 e. The maximum absolute atomic E-state index is 13.0. The third kappa shape index (κ3) is 7.67. The van der Waals surface area contributed by atoms with E-state index < -0.39 is 11.2 Å². The Hall–Kier alpha value is -2.37. The number of benzene rings is 1. The third-order valence-electron chi connectivity index (χ3n) is 5.17. The molecule has 1 unspecified atom stereocenters. The largest absolute Gasteiger partial charge is 0.460 e. The first-order valence-corrected chi connectivity index (χ1v) is 11.1. The summed E-state index contributed by atoms with van der Waals surface area (Å²) in [6.45, 7) is 13.1. The second-order valence-corrected chi connectivity index (χ2v) is 10.4. The Bertz CT molecular complexity index is 803. The minimum atomic E-state index is -0.583. The molecule has 1 aliphatic heterocycles. The fraction of sp³-hybridized carbons (Fsp3) is 0.640. The first-order chi connectivity index (χ1) is 14.3. The topological polar surface area (TPSA) is 72.9 Å². The van der Waals surface area contributed by atoms with Crippen LogP contribution in [-0.2, 0) is 25.5 Å². The highest BCUT2D eigenvalue weighted by atomic mass is 16.6. The highest BCUT2D eigenvalue weighted by molar-refractivity contribution is 5.91. The zero-order valence-corrected chi connectivity index (χ0v) is 20.0. The Kier molecular flexibility index (Phi) is 7.90. The molecule has 2 atom stereocenters. The van der Waals surface area contributed by atoms with Crippen LogP contribution in [0.15, 0.2) is 24.3 Å². The van der Waals surface area contributed by atoms with Crippen molar-refractivity contribution in [3.05, 3.63) is 29.8 Å². The first kappa shape index (κ1) is 24.9. The van der Waals surface area contributed by atoms with Crippen LogP contribution < -0.4 is 4.90 Å². The van der Waals surface area contributed by atoms with E-state index in [0.29, 0.717) is 12.8 Å². The smallest absolute Gasteiger partial charge is 0.415 e. The van der Waals surface area contributed by atoms with Crippen LogP contribution in [0.5, 0.6) is 0 Å². The summed E-state index contributed by atoms with van der Waals surface area (Å²) in [6, 6.07) is 7.80. The molecule has 1 heterocycles. The second-order valence-electron chi connectivity index (χ2n) is 10.4. The summed E-state index contributed by atoms with van der Waals surface area (Å²) in [7, 11) is 0. The number of anilines is 1. The lowest BCUT2D eigenvalue weighted by molar-refractivity contribution is -0.155. The van der Waals surface area contributed by atoms with Gasteiger partial charge in [-0.05, 0) is 71.9 Å². The van der Waals surface area contributed by atoms with Gasteiger partial charge < -0.3 is 9.47 Å². The average Bonchev–Trinajstić information content (AvgIpc) is 3.01. The summed E-state index contributed by atoms with van der Waals surface area (Å²) in [4.78, 5) is 38.9. The number of esters is 1. The van der Waals surface area contributed by atoms with Crippen LogP contribution >= 0.6 is 0 Å². The predicted octanol–water partition coefficient (Wildman–Crippen LogP) is 5.46. The van der Waals surface area contributed by atoms with E-state index in [0.717, 1.165) is 17.7 Å². The van der Waals surface area contributed by atoms with Crippen molar-refractivity contribution in [3.8, 4) is 0 Å². The van der Waals surface area contributed by atoms with Crippen LogP contribution in [0.25, 0.3) is 0 Å². The fourth-order valence-electron chi connectivity index (χ4n) is 3.75. The number of fused-ring (bicyclic) bond motifs is 1. The lowest BCUT2D eigenvalue weighted by Crippen LogP contribution is -2.44. The van der Waals surface area contributed by atoms with Crippen molar-refractivity contribution < 1.29 is 23.9 Å². The van der Waals surface area contributed by atoms with Gasteiger partial charge in [0, 0.05) is 18.9 Å². The predicted molar refractivity (Wildman–Crippen MR) is 121 cm³/mol. The van der Waals surface area contributed by atoms with Gasteiger partial charge in [0.1, 0.15) is 17.0 Å². The van der Waals surface area contributed by atoms with Gasteiger partial charge in [0.05, 0.1) is 12.1 Å². The van der Waals surface area contributed by atoms with Crippen LogP contribution in [0.4, 0.5) is 10.5 Å². The summed E-state index contributed by atoms with van der Waals surface area (Å²) in [5.41, 5.74) is 0.864. The summed E-state index contributed by atoms with van der Waals surface area (Å²) >= 11 is 0. The molecule has 6 heteroatoms. The molecular weight excluding hydrogens is 394 g/mol. The summed E-state index contributed by atoms with van der Waals surface area (Å²) in [5, 5.41) is 0. The summed E-state index contributed by atoms with van der Waals surface area (Å²) < 4.78 is 10.9. The van der Waals surface area contributed by atoms with Crippen LogP contribution in [0.1, 0.15) is 79.7 Å². The standard InChI is InChI=1S/C25H37NO5/c1-17(12-13-19(27)14-15-22(28)30-24(2,3)4)21-16-18-10-8-9-11-20(18)26(21)23(29)31-25(5,6)7/h8-11,17,21H,12-16H2,1-7H3/t17?,21-/m1/s1. The Morgan fingerprint density at radius 2 is 1.58 bits per heavy atom. The normalized spacial score (nSPS) is 17.1. The molecule has 1 aromatic carbocycles.